The fourth-order valence-electron chi connectivity index (χ4n) is 3.72. The maximum absolute atomic E-state index is 14.8. The van der Waals surface area contributed by atoms with E-state index in [-0.39, 0.29) is 22.7 Å². The summed E-state index contributed by atoms with van der Waals surface area (Å²) in [5.74, 6) is -0.639. The molecule has 0 saturated carbocycles. The molecule has 0 radical (unpaired) electrons. The number of methoxy groups -OCH3 is 1. The Labute approximate surface area is 173 Å². The average Bonchev–Trinajstić information content (AvgIpc) is 3.11. The number of benzene rings is 2. The standard InChI is InChI=1S/C22H20FN5O2/c1-28-18-9-10-25-12-17(18)26-21(28)22(29)27-16-7-3-5-13(15(16)11-24)14-6-4-8-19(30-2)20(14)23/h3-8,25H,9-10,12H2,1-2H3,(H,27,29). The van der Waals surface area contributed by atoms with Crippen molar-refractivity contribution in [2.45, 2.75) is 13.0 Å². The number of aromatic nitrogens is 2. The average molecular weight is 405 g/mol. The third kappa shape index (κ3) is 3.29. The van der Waals surface area contributed by atoms with Crippen LogP contribution < -0.4 is 15.4 Å². The highest BCUT2D eigenvalue weighted by Crippen LogP contribution is 2.34. The molecular formula is C22H20FN5O2. The second-order valence-electron chi connectivity index (χ2n) is 6.93. The highest BCUT2D eigenvalue weighted by Gasteiger charge is 2.23. The molecule has 30 heavy (non-hydrogen) atoms. The molecule has 0 bridgehead atoms. The number of carbonyl (C=O) groups is 1. The SMILES string of the molecule is COc1cccc(-c2cccc(NC(=O)c3nc4c(n3C)CCNC4)c2C#N)c1F. The van der Waals surface area contributed by atoms with Crippen LogP contribution in [0.5, 0.6) is 5.75 Å². The van der Waals surface area contributed by atoms with Crippen molar-refractivity contribution in [1.82, 2.24) is 14.9 Å². The van der Waals surface area contributed by atoms with Crippen LogP contribution in [0.25, 0.3) is 11.1 Å². The number of nitriles is 1. The van der Waals surface area contributed by atoms with Crippen LogP contribution in [0.4, 0.5) is 10.1 Å². The zero-order chi connectivity index (χ0) is 21.3. The van der Waals surface area contributed by atoms with Crippen LogP contribution in [-0.2, 0) is 20.0 Å². The molecule has 0 fully saturated rings. The molecule has 0 saturated heterocycles. The van der Waals surface area contributed by atoms with E-state index in [9.17, 15) is 14.4 Å². The summed E-state index contributed by atoms with van der Waals surface area (Å²) in [6.45, 7) is 1.45. The number of carbonyl (C=O) groups excluding carboxylic acids is 1. The zero-order valence-electron chi connectivity index (χ0n) is 16.6. The van der Waals surface area contributed by atoms with Crippen LogP contribution in [0.3, 0.4) is 0 Å². The number of anilines is 1. The molecule has 4 rings (SSSR count). The Balaban J connectivity index is 1.72. The van der Waals surface area contributed by atoms with Gasteiger partial charge in [-0.1, -0.05) is 24.3 Å². The van der Waals surface area contributed by atoms with Gasteiger partial charge in [-0.2, -0.15) is 5.26 Å². The minimum atomic E-state index is -0.566. The van der Waals surface area contributed by atoms with Gasteiger partial charge in [-0.15, -0.1) is 0 Å². The van der Waals surface area contributed by atoms with E-state index in [2.05, 4.69) is 21.7 Å². The van der Waals surface area contributed by atoms with E-state index >= 15 is 0 Å². The second-order valence-corrected chi connectivity index (χ2v) is 6.93. The van der Waals surface area contributed by atoms with E-state index in [0.29, 0.717) is 17.8 Å². The van der Waals surface area contributed by atoms with Crippen LogP contribution in [0.1, 0.15) is 27.6 Å². The molecular weight excluding hydrogens is 385 g/mol. The van der Waals surface area contributed by atoms with Crippen LogP contribution >= 0.6 is 0 Å². The Hall–Kier alpha value is -3.70. The minimum absolute atomic E-state index is 0.0815. The molecule has 0 spiro atoms. The van der Waals surface area contributed by atoms with Gasteiger partial charge < -0.3 is 19.9 Å². The molecule has 0 atom stereocenters. The van der Waals surface area contributed by atoms with Crippen molar-refractivity contribution in [1.29, 1.82) is 5.26 Å². The lowest BCUT2D eigenvalue weighted by atomic mass is 9.98. The second kappa shape index (κ2) is 7.97. The van der Waals surface area contributed by atoms with Gasteiger partial charge in [0.25, 0.3) is 5.91 Å². The van der Waals surface area contributed by atoms with Crippen molar-refractivity contribution < 1.29 is 13.9 Å². The first-order valence-electron chi connectivity index (χ1n) is 9.47. The van der Waals surface area contributed by atoms with Gasteiger partial charge in [0.1, 0.15) is 6.07 Å². The molecule has 0 unspecified atom stereocenters. The summed E-state index contributed by atoms with van der Waals surface area (Å²) in [7, 11) is 3.19. The van der Waals surface area contributed by atoms with Crippen molar-refractivity contribution in [3.63, 3.8) is 0 Å². The largest absolute Gasteiger partial charge is 0.494 e. The Morgan fingerprint density at radius 2 is 2.07 bits per heavy atom. The molecule has 3 aromatic rings. The molecule has 1 aliphatic heterocycles. The first kappa shape index (κ1) is 19.6. The lowest BCUT2D eigenvalue weighted by Gasteiger charge is -2.14. The third-order valence-electron chi connectivity index (χ3n) is 5.23. The van der Waals surface area contributed by atoms with E-state index in [4.69, 9.17) is 4.74 Å². The maximum Gasteiger partial charge on any atom is 0.291 e. The van der Waals surface area contributed by atoms with E-state index < -0.39 is 11.7 Å². The number of imidazole rings is 1. The molecule has 2 aromatic carbocycles. The number of halogens is 1. The van der Waals surface area contributed by atoms with Gasteiger partial charge >= 0.3 is 0 Å². The van der Waals surface area contributed by atoms with E-state index in [0.717, 1.165) is 24.4 Å². The summed E-state index contributed by atoms with van der Waals surface area (Å²) in [4.78, 5) is 17.4. The Morgan fingerprint density at radius 3 is 2.80 bits per heavy atom. The maximum atomic E-state index is 14.8. The molecule has 2 heterocycles. The number of rotatable bonds is 4. The topological polar surface area (TPSA) is 92.0 Å². The molecule has 7 nitrogen and oxygen atoms in total. The smallest absolute Gasteiger partial charge is 0.291 e. The first-order chi connectivity index (χ1) is 14.5. The van der Waals surface area contributed by atoms with Gasteiger partial charge in [0.2, 0.25) is 0 Å². The van der Waals surface area contributed by atoms with Gasteiger partial charge in [0, 0.05) is 43.4 Å². The van der Waals surface area contributed by atoms with Crippen molar-refractivity contribution in [3.8, 4) is 22.9 Å². The van der Waals surface area contributed by atoms with Crippen molar-refractivity contribution in [3.05, 3.63) is 65.0 Å². The third-order valence-corrected chi connectivity index (χ3v) is 5.23. The zero-order valence-corrected chi connectivity index (χ0v) is 16.6. The van der Waals surface area contributed by atoms with Crippen LogP contribution in [0.2, 0.25) is 0 Å². The predicted octanol–water partition coefficient (Wildman–Crippen LogP) is 3.00. The summed E-state index contributed by atoms with van der Waals surface area (Å²) in [6.07, 6.45) is 0.792. The lowest BCUT2D eigenvalue weighted by molar-refractivity contribution is 0.101. The van der Waals surface area contributed by atoms with Gasteiger partial charge in [-0.3, -0.25) is 4.79 Å². The molecule has 1 aliphatic rings. The number of nitrogens with zero attached hydrogens (tertiary/aromatic N) is 3. The van der Waals surface area contributed by atoms with Crippen molar-refractivity contribution in [2.24, 2.45) is 7.05 Å². The van der Waals surface area contributed by atoms with Crippen LogP contribution in [-0.4, -0.2) is 29.1 Å². The Kier molecular flexibility index (Phi) is 5.21. The normalized spacial score (nSPS) is 12.7. The molecule has 1 aromatic heterocycles. The van der Waals surface area contributed by atoms with Gasteiger partial charge in [0.05, 0.1) is 24.1 Å². The van der Waals surface area contributed by atoms with Crippen molar-refractivity contribution in [2.75, 3.05) is 19.0 Å². The molecule has 2 N–H and O–H groups in total. The first-order valence-corrected chi connectivity index (χ1v) is 9.47. The van der Waals surface area contributed by atoms with Gasteiger partial charge in [0.15, 0.2) is 17.4 Å². The van der Waals surface area contributed by atoms with Gasteiger partial charge in [-0.25, -0.2) is 9.37 Å². The lowest BCUT2D eigenvalue weighted by Crippen LogP contribution is -2.24. The number of hydrogen-bond acceptors (Lipinski definition) is 5. The molecule has 1 amide bonds. The van der Waals surface area contributed by atoms with Crippen LogP contribution in [0.15, 0.2) is 36.4 Å². The summed E-state index contributed by atoms with van der Waals surface area (Å²) in [5, 5.41) is 15.8. The Morgan fingerprint density at radius 1 is 1.30 bits per heavy atom. The quantitative estimate of drug-likeness (QED) is 0.696. The van der Waals surface area contributed by atoms with Crippen LogP contribution in [0, 0.1) is 17.1 Å². The fourth-order valence-corrected chi connectivity index (χ4v) is 3.72. The predicted molar refractivity (Wildman–Crippen MR) is 110 cm³/mol. The summed E-state index contributed by atoms with van der Waals surface area (Å²) >= 11 is 0. The van der Waals surface area contributed by atoms with E-state index in [1.165, 1.54) is 13.2 Å². The van der Waals surface area contributed by atoms with Crippen molar-refractivity contribution >= 4 is 11.6 Å². The highest BCUT2D eigenvalue weighted by atomic mass is 19.1. The summed E-state index contributed by atoms with van der Waals surface area (Å²) in [6, 6.07) is 11.7. The number of fused-ring (bicyclic) bond motifs is 1. The number of ether oxygens (including phenoxy) is 1. The monoisotopic (exact) mass is 405 g/mol. The number of hydrogen-bond donors (Lipinski definition) is 2. The molecule has 8 heteroatoms. The minimum Gasteiger partial charge on any atom is -0.494 e. The fraction of sp³-hybridized carbons (Fsp3) is 0.227. The number of amides is 1. The van der Waals surface area contributed by atoms with E-state index in [1.807, 2.05) is 0 Å². The highest BCUT2D eigenvalue weighted by molar-refractivity contribution is 6.03. The molecule has 152 valence electrons. The Bertz CT molecular complexity index is 1180. The summed E-state index contributed by atoms with van der Waals surface area (Å²) < 4.78 is 21.6. The van der Waals surface area contributed by atoms with Gasteiger partial charge in [-0.05, 0) is 12.1 Å². The number of nitrogens with one attached hydrogen (secondary N) is 2. The van der Waals surface area contributed by atoms with E-state index in [1.54, 1.807) is 41.9 Å². The molecule has 0 aliphatic carbocycles. The summed E-state index contributed by atoms with van der Waals surface area (Å²) in [5.41, 5.74) is 2.92.